The van der Waals surface area contributed by atoms with Crippen molar-refractivity contribution < 1.29 is 35.3 Å². The zero-order chi connectivity index (χ0) is 27.6. The molecule has 0 fully saturated rings. The van der Waals surface area contributed by atoms with Crippen LogP contribution in [0.2, 0.25) is 0 Å². The summed E-state index contributed by atoms with van der Waals surface area (Å²) in [5, 5.41) is 0. The van der Waals surface area contributed by atoms with Crippen LogP contribution in [0.1, 0.15) is 43.0 Å². The molecular weight excluding hydrogens is 507 g/mol. The Hall–Kier alpha value is -3.01. The van der Waals surface area contributed by atoms with Gasteiger partial charge in [-0.05, 0) is 75.8 Å². The normalized spacial score (nSPS) is 16.2. The fourth-order valence-electron chi connectivity index (χ4n) is 4.37. The van der Waals surface area contributed by atoms with Crippen molar-refractivity contribution in [3.05, 3.63) is 82.6 Å². The topological polar surface area (TPSA) is 72.9 Å². The summed E-state index contributed by atoms with van der Waals surface area (Å²) in [7, 11) is -5.94. The Morgan fingerprint density at radius 3 is 1.86 bits per heavy atom. The van der Waals surface area contributed by atoms with Crippen LogP contribution in [-0.2, 0) is 31.9 Å². The predicted octanol–water partition coefficient (Wildman–Crippen LogP) is 6.08. The van der Waals surface area contributed by atoms with Crippen LogP contribution in [0.15, 0.2) is 60.4 Å². The van der Waals surface area contributed by atoms with Gasteiger partial charge in [0.05, 0.1) is 5.41 Å². The zero-order valence-corrected chi connectivity index (χ0v) is 22.4. The van der Waals surface area contributed by atoms with E-state index in [4.69, 9.17) is 8.92 Å². The average Bonchev–Trinajstić information content (AvgIpc) is 2.76. The third-order valence-electron chi connectivity index (χ3n) is 6.23. The fourth-order valence-corrected chi connectivity index (χ4v) is 4.94. The first-order valence-electron chi connectivity index (χ1n) is 11.8. The number of ether oxygens (including phenoxy) is 1. The van der Waals surface area contributed by atoms with Crippen LogP contribution in [0, 0.1) is 19.3 Å². The number of rotatable bonds is 6. The minimum absolute atomic E-state index is 0.107. The van der Waals surface area contributed by atoms with Crippen molar-refractivity contribution in [1.29, 1.82) is 0 Å². The van der Waals surface area contributed by atoms with Gasteiger partial charge in [-0.2, -0.15) is 21.6 Å². The van der Waals surface area contributed by atoms with Crippen LogP contribution in [0.4, 0.5) is 18.0 Å². The highest BCUT2D eigenvalue weighted by Gasteiger charge is 2.52. The summed E-state index contributed by atoms with van der Waals surface area (Å²) < 4.78 is 74.8. The van der Waals surface area contributed by atoms with Crippen LogP contribution >= 0.6 is 0 Å². The summed E-state index contributed by atoms with van der Waals surface area (Å²) in [5.74, 6) is -0.337. The summed E-state index contributed by atoms with van der Waals surface area (Å²) >= 11 is 0. The number of hydrogen-bond acceptors (Lipinski definition) is 5. The first kappa shape index (κ1) is 28.6. The minimum atomic E-state index is -5.94. The summed E-state index contributed by atoms with van der Waals surface area (Å²) in [6.07, 6.45) is 0.854. The lowest BCUT2D eigenvalue weighted by Gasteiger charge is -2.43. The maximum Gasteiger partial charge on any atom is 0.534 e. The lowest BCUT2D eigenvalue weighted by atomic mass is 9.72. The van der Waals surface area contributed by atoms with Gasteiger partial charge in [-0.1, -0.05) is 48.5 Å². The van der Waals surface area contributed by atoms with Gasteiger partial charge in [0.25, 0.3) is 0 Å². The van der Waals surface area contributed by atoms with Gasteiger partial charge in [0.2, 0.25) is 0 Å². The second kappa shape index (κ2) is 10.4. The van der Waals surface area contributed by atoms with E-state index in [-0.39, 0.29) is 31.7 Å². The first-order valence-corrected chi connectivity index (χ1v) is 13.2. The zero-order valence-electron chi connectivity index (χ0n) is 21.6. The second-order valence-corrected chi connectivity index (χ2v) is 11.9. The maximum absolute atomic E-state index is 13.4. The summed E-state index contributed by atoms with van der Waals surface area (Å²) in [6.45, 7) is 8.59. The molecule has 0 saturated carbocycles. The molecule has 2 aromatic carbocycles. The SMILES string of the molecule is Cc1ccccc1CC1(Cc2ccccc2C)CN(C(=O)OC(C)(C)C)CC=C1OS(=O)(=O)C(F)(F)F. The van der Waals surface area contributed by atoms with Gasteiger partial charge in [-0.3, -0.25) is 0 Å². The molecule has 1 amide bonds. The number of carbonyl (C=O) groups is 1. The first-order chi connectivity index (χ1) is 17.0. The standard InChI is InChI=1S/C27H32F3NO5S/c1-19-10-6-8-12-21(19)16-26(17-22-13-9-7-11-20(22)2)18-31(24(32)35-25(3,4)5)15-14-23(26)36-37(33,34)27(28,29)30/h6-14H,15-18H2,1-5H3. The highest BCUT2D eigenvalue weighted by molar-refractivity contribution is 7.87. The largest absolute Gasteiger partial charge is 0.534 e. The van der Waals surface area contributed by atoms with Crippen molar-refractivity contribution in [3.63, 3.8) is 0 Å². The molecule has 0 spiro atoms. The second-order valence-electron chi connectivity index (χ2n) is 10.4. The predicted molar refractivity (Wildman–Crippen MR) is 134 cm³/mol. The molecule has 0 N–H and O–H groups in total. The molecule has 1 aliphatic heterocycles. The molecule has 1 heterocycles. The van der Waals surface area contributed by atoms with E-state index >= 15 is 0 Å². The van der Waals surface area contributed by atoms with E-state index in [0.29, 0.717) is 0 Å². The molecule has 0 unspecified atom stereocenters. The molecule has 0 aromatic heterocycles. The lowest BCUT2D eigenvalue weighted by Crippen LogP contribution is -2.50. The van der Waals surface area contributed by atoms with Crippen LogP contribution in [-0.4, -0.2) is 43.6 Å². The Bertz CT molecular complexity index is 1230. The van der Waals surface area contributed by atoms with E-state index in [1.807, 2.05) is 50.2 Å². The summed E-state index contributed by atoms with van der Waals surface area (Å²) in [5.41, 5.74) is -4.40. The van der Waals surface area contributed by atoms with Gasteiger partial charge in [0.15, 0.2) is 0 Å². The Balaban J connectivity index is 2.18. The van der Waals surface area contributed by atoms with Crippen LogP contribution in [0.5, 0.6) is 0 Å². The molecule has 6 nitrogen and oxygen atoms in total. The smallest absolute Gasteiger partial charge is 0.444 e. The number of halogens is 3. The highest BCUT2D eigenvalue weighted by atomic mass is 32.2. The van der Waals surface area contributed by atoms with Crippen LogP contribution in [0.25, 0.3) is 0 Å². The number of carbonyl (C=O) groups excluding carboxylic acids is 1. The molecule has 0 radical (unpaired) electrons. The number of aryl methyl sites for hydroxylation is 2. The van der Waals surface area contributed by atoms with Gasteiger partial charge < -0.3 is 13.8 Å². The third-order valence-corrected chi connectivity index (χ3v) is 7.19. The lowest BCUT2D eigenvalue weighted by molar-refractivity contribution is -0.0542. The molecule has 202 valence electrons. The van der Waals surface area contributed by atoms with Gasteiger partial charge in [0, 0.05) is 13.1 Å². The van der Waals surface area contributed by atoms with E-state index in [2.05, 4.69) is 0 Å². The summed E-state index contributed by atoms with van der Waals surface area (Å²) in [6, 6.07) is 14.7. The van der Waals surface area contributed by atoms with E-state index < -0.39 is 32.7 Å². The van der Waals surface area contributed by atoms with Crippen molar-refractivity contribution in [1.82, 2.24) is 4.90 Å². The quantitative estimate of drug-likeness (QED) is 0.329. The number of benzene rings is 2. The Morgan fingerprint density at radius 2 is 1.43 bits per heavy atom. The van der Waals surface area contributed by atoms with Gasteiger partial charge >= 0.3 is 21.7 Å². The van der Waals surface area contributed by atoms with Gasteiger partial charge in [-0.15, -0.1) is 0 Å². The highest BCUT2D eigenvalue weighted by Crippen LogP contribution is 2.43. The Kier molecular flexibility index (Phi) is 8.02. The Morgan fingerprint density at radius 1 is 0.946 bits per heavy atom. The molecule has 10 heteroatoms. The molecule has 1 aliphatic rings. The minimum Gasteiger partial charge on any atom is -0.444 e. The number of alkyl halides is 3. The van der Waals surface area contributed by atoms with E-state index in [1.165, 1.54) is 11.0 Å². The Labute approximate surface area is 216 Å². The van der Waals surface area contributed by atoms with Crippen molar-refractivity contribution in [2.75, 3.05) is 13.1 Å². The van der Waals surface area contributed by atoms with Crippen molar-refractivity contribution in [2.45, 2.75) is 58.6 Å². The molecule has 0 aliphatic carbocycles. The molecule has 0 saturated heterocycles. The molecule has 0 atom stereocenters. The number of nitrogens with zero attached hydrogens (tertiary/aromatic N) is 1. The molecular formula is C27H32F3NO5S. The fraction of sp³-hybridized carbons (Fsp3) is 0.444. The van der Waals surface area contributed by atoms with E-state index in [9.17, 15) is 26.4 Å². The monoisotopic (exact) mass is 539 g/mol. The third kappa shape index (κ3) is 6.85. The number of amides is 1. The van der Waals surface area contributed by atoms with E-state index in [0.717, 1.165) is 22.3 Å². The molecule has 0 bridgehead atoms. The summed E-state index contributed by atoms with van der Waals surface area (Å²) in [4.78, 5) is 14.4. The molecule has 2 aromatic rings. The van der Waals surface area contributed by atoms with Crippen LogP contribution in [0.3, 0.4) is 0 Å². The number of hydrogen-bond donors (Lipinski definition) is 0. The van der Waals surface area contributed by atoms with Crippen molar-refractivity contribution in [2.24, 2.45) is 5.41 Å². The molecule has 37 heavy (non-hydrogen) atoms. The van der Waals surface area contributed by atoms with Gasteiger partial charge in [0.1, 0.15) is 11.4 Å². The maximum atomic E-state index is 13.4. The van der Waals surface area contributed by atoms with Crippen molar-refractivity contribution in [3.8, 4) is 0 Å². The molecule has 3 rings (SSSR count). The van der Waals surface area contributed by atoms with Gasteiger partial charge in [-0.25, -0.2) is 4.79 Å². The average molecular weight is 540 g/mol. The van der Waals surface area contributed by atoms with Crippen molar-refractivity contribution >= 4 is 16.2 Å². The van der Waals surface area contributed by atoms with Crippen LogP contribution < -0.4 is 0 Å². The van der Waals surface area contributed by atoms with E-state index in [1.54, 1.807) is 32.9 Å².